The Balaban J connectivity index is 0.00000151. The minimum absolute atomic E-state index is 0.0279. The van der Waals surface area contributed by atoms with E-state index in [0.717, 1.165) is 57.3 Å². The van der Waals surface area contributed by atoms with E-state index in [1.807, 2.05) is 27.7 Å². The van der Waals surface area contributed by atoms with Gasteiger partial charge in [-0.1, -0.05) is 191 Å². The van der Waals surface area contributed by atoms with Crippen LogP contribution in [0.25, 0.3) is 0 Å². The zero-order chi connectivity index (χ0) is 74.4. The van der Waals surface area contributed by atoms with Gasteiger partial charge in [0, 0.05) is 18.9 Å². The Bertz CT molecular complexity index is 2260. The molecule has 4 fully saturated rings. The summed E-state index contributed by atoms with van der Waals surface area (Å²) in [6, 6.07) is 0. The topological polar surface area (TPSA) is 125 Å². The molecule has 0 aromatic rings. The number of alkyl halides is 12. The lowest BCUT2D eigenvalue weighted by Crippen LogP contribution is -2.55. The largest absolute Gasteiger partial charge is 0.438 e. The van der Waals surface area contributed by atoms with Gasteiger partial charge in [0.2, 0.25) is 0 Å². The number of nitrogens with two attached hydrogens (primary N) is 1. The Hall–Kier alpha value is -1.64. The smallest absolute Gasteiger partial charge is 0.414 e. The van der Waals surface area contributed by atoms with E-state index in [9.17, 15) is 73.1 Å². The minimum atomic E-state index is -5.98. The first-order chi connectivity index (χ1) is 43.0. The third-order valence-electron chi connectivity index (χ3n) is 21.8. The second-order valence-corrected chi connectivity index (χ2v) is 42.4. The highest BCUT2D eigenvalue weighted by molar-refractivity contribution is 6.74. The number of halogens is 13. The van der Waals surface area contributed by atoms with Gasteiger partial charge >= 0.3 is 35.9 Å². The van der Waals surface area contributed by atoms with E-state index in [-0.39, 0.29) is 58.5 Å². The highest BCUT2D eigenvalue weighted by atomic mass is 28.4. The molecule has 4 unspecified atom stereocenters. The van der Waals surface area contributed by atoms with Crippen molar-refractivity contribution < 1.29 is 86.4 Å². The number of rotatable bonds is 26. The first kappa shape index (κ1) is 93.4. The Morgan fingerprint density at radius 3 is 1.13 bits per heavy atom. The summed E-state index contributed by atoms with van der Waals surface area (Å²) in [5.74, 6) is 9.92. The molecule has 0 saturated heterocycles. The molecule has 4 aliphatic carbocycles. The molecule has 10 atom stereocenters. The molecule has 0 aromatic carbocycles. The van der Waals surface area contributed by atoms with Gasteiger partial charge in [0.1, 0.15) is 0 Å². The lowest BCUT2D eigenvalue weighted by atomic mass is 9.56. The third kappa shape index (κ3) is 27.9. The monoisotopic (exact) mass is 1420 g/mol. The molecule has 4 saturated carbocycles. The van der Waals surface area contributed by atoms with Crippen LogP contribution in [0.15, 0.2) is 0 Å². The van der Waals surface area contributed by atoms with E-state index in [1.54, 1.807) is 13.8 Å². The highest BCUT2D eigenvalue weighted by Gasteiger charge is 2.71. The van der Waals surface area contributed by atoms with E-state index in [4.69, 9.17) is 13.3 Å². The summed E-state index contributed by atoms with van der Waals surface area (Å²) in [5.41, 5.74) is -13.4. The van der Waals surface area contributed by atoms with Crippen LogP contribution in [0.5, 0.6) is 0 Å². The summed E-state index contributed by atoms with van der Waals surface area (Å²) in [4.78, 5) is 0. The molecular formula is C73H132F13NO6Si2. The van der Waals surface area contributed by atoms with Crippen molar-refractivity contribution in [3.8, 4) is 23.7 Å². The molecule has 7 nitrogen and oxygen atoms in total. The van der Waals surface area contributed by atoms with Crippen LogP contribution < -0.4 is 5.96 Å². The van der Waals surface area contributed by atoms with Crippen LogP contribution in [0.3, 0.4) is 0 Å². The number of hydrogen-bond acceptors (Lipinski definition) is 7. The molecule has 0 amide bonds. The summed E-state index contributed by atoms with van der Waals surface area (Å²) in [6.07, 6.45) is 3.97. The van der Waals surface area contributed by atoms with Crippen molar-refractivity contribution in [3.63, 3.8) is 0 Å². The predicted molar refractivity (Wildman–Crippen MR) is 365 cm³/mol. The summed E-state index contributed by atoms with van der Waals surface area (Å²) < 4.78 is 181. The molecule has 4 aliphatic rings. The van der Waals surface area contributed by atoms with Gasteiger partial charge in [-0.25, -0.2) is 0 Å². The SMILES string of the molecule is CC(C)(CCCC(C)(CC#CC(O)(C(F)(F)F)C(F)(F)F)[C@H]1CCC2[C@@H](O[Si](C)(C)C(C)(C)C)CCC[C@@]21C)O[Si](C)(C)C.CC(C)(O)CCCC(C)(CC#CC(O)(C(F)(F)F)C(F)(F)F)[C@H]1CCC2[C@@H](O)CCC[C@@]21C.CCCCCCCC.CCCCCCCC.NF. The zero-order valence-corrected chi connectivity index (χ0v) is 64.3. The Kier molecular flexibility index (Phi) is 37.4. The average Bonchev–Trinajstić information content (AvgIpc) is 1.64. The van der Waals surface area contributed by atoms with Gasteiger partial charge in [-0.05, 0) is 200 Å². The van der Waals surface area contributed by atoms with Gasteiger partial charge in [-0.15, -0.1) is 4.48 Å². The van der Waals surface area contributed by atoms with Crippen molar-refractivity contribution >= 4 is 16.6 Å². The van der Waals surface area contributed by atoms with Crippen LogP contribution in [0, 0.1) is 69.0 Å². The van der Waals surface area contributed by atoms with Crippen LogP contribution in [-0.2, 0) is 8.85 Å². The summed E-state index contributed by atoms with van der Waals surface area (Å²) in [7, 11) is -3.91. The number of unbranched alkanes of at least 4 members (excludes halogenated alkanes) is 10. The predicted octanol–water partition coefficient (Wildman–Crippen LogP) is 23.0. The standard InChI is InChI=1S/C33H58F6O3Si2.C24H36F6O3.2C8H18.FH2N/c1-27(2,3)44(11,12)41-25-16-13-22-30(7)24(25)17-18-26(30)29(6,20-14-19-28(4,5)42-43(8,9)10)21-15-23-31(40,32(34,35)36)33(37,38)39;1-19(2,32)11-6-12-20(3,13-7-15-22(33,23(25,26)27)24(28,29)30)18-10-9-16-17(31)8-5-14-21(16,18)4;2*1-3-5-7-8-6-4-2;1-2/h24-26,40H,13-14,16-22H2,1-12H3;16-18,31-33H,5-6,8-14H2,1-4H3;2*3-8H2,1-2H3;2H2/t24?,25-,26+,29?,30-;16?,17-,18+,20?,21-;;;/m00.../s1. The molecule has 0 spiro atoms. The normalized spacial score (nSPS) is 25.1. The lowest BCUT2D eigenvalue weighted by molar-refractivity contribution is -0.344. The third-order valence-corrected chi connectivity index (χ3v) is 27.5. The van der Waals surface area contributed by atoms with E-state index >= 15 is 0 Å². The Morgan fingerprint density at radius 1 is 0.463 bits per heavy atom. The second kappa shape index (κ2) is 38.0. The molecule has 0 aromatic heterocycles. The maximum atomic E-state index is 13.4. The molecule has 564 valence electrons. The van der Waals surface area contributed by atoms with Gasteiger partial charge in [0.05, 0.1) is 17.3 Å². The molecule has 0 aliphatic heterocycles. The number of hydrogen-bond donors (Lipinski definition) is 5. The Labute approximate surface area is 569 Å². The molecule has 0 bridgehead atoms. The quantitative estimate of drug-likeness (QED) is 0.0192. The van der Waals surface area contributed by atoms with Gasteiger partial charge in [-0.2, -0.15) is 58.6 Å². The molecule has 95 heavy (non-hydrogen) atoms. The number of aliphatic hydroxyl groups excluding tert-OH is 1. The van der Waals surface area contributed by atoms with E-state index < -0.39 is 80.7 Å². The summed E-state index contributed by atoms with van der Waals surface area (Å²) >= 11 is 0. The first-order valence-electron chi connectivity index (χ1n) is 35.7. The molecule has 22 heteroatoms. The van der Waals surface area contributed by atoms with E-state index in [0.29, 0.717) is 51.4 Å². The van der Waals surface area contributed by atoms with Crippen molar-refractivity contribution in [2.45, 2.75) is 394 Å². The fraction of sp³-hybridized carbons (Fsp3) is 0.945. The maximum Gasteiger partial charge on any atom is 0.438 e. The molecule has 6 N–H and O–H groups in total. The fourth-order valence-electron chi connectivity index (χ4n) is 15.8. The van der Waals surface area contributed by atoms with Crippen molar-refractivity contribution in [1.82, 2.24) is 0 Å². The molecule has 0 heterocycles. The summed E-state index contributed by atoms with van der Waals surface area (Å²) in [6.45, 7) is 42.0. The van der Waals surface area contributed by atoms with Gasteiger partial charge in [-0.3, -0.25) is 0 Å². The highest BCUT2D eigenvalue weighted by Crippen LogP contribution is 2.65. The van der Waals surface area contributed by atoms with Gasteiger partial charge < -0.3 is 29.3 Å². The van der Waals surface area contributed by atoms with E-state index in [2.05, 4.69) is 113 Å². The van der Waals surface area contributed by atoms with Crippen LogP contribution >= 0.6 is 0 Å². The fourth-order valence-corrected chi connectivity index (χ4v) is 19.0. The maximum absolute atomic E-state index is 13.4. The van der Waals surface area contributed by atoms with Gasteiger partial charge in [0.25, 0.3) is 0 Å². The molecular weight excluding hydrogens is 1290 g/mol. The van der Waals surface area contributed by atoms with Crippen molar-refractivity contribution in [2.24, 2.45) is 51.3 Å². The van der Waals surface area contributed by atoms with Crippen molar-refractivity contribution in [2.75, 3.05) is 0 Å². The van der Waals surface area contributed by atoms with Crippen LogP contribution in [0.2, 0.25) is 37.8 Å². The summed E-state index contributed by atoms with van der Waals surface area (Å²) in [5, 5.41) is 39.8. The van der Waals surface area contributed by atoms with Crippen molar-refractivity contribution in [1.29, 1.82) is 0 Å². The second-order valence-electron chi connectivity index (χ2n) is 33.3. The van der Waals surface area contributed by atoms with E-state index in [1.165, 1.54) is 83.0 Å². The van der Waals surface area contributed by atoms with Crippen LogP contribution in [-0.4, -0.2) is 96.4 Å². The molecule has 0 radical (unpaired) electrons. The van der Waals surface area contributed by atoms with Crippen LogP contribution in [0.4, 0.5) is 57.2 Å². The average molecular weight is 1420 g/mol. The van der Waals surface area contributed by atoms with Crippen molar-refractivity contribution in [3.05, 3.63) is 0 Å². The minimum Gasteiger partial charge on any atom is -0.414 e. The van der Waals surface area contributed by atoms with Crippen LogP contribution in [0.1, 0.15) is 296 Å². The zero-order valence-electron chi connectivity index (χ0n) is 62.3. The Morgan fingerprint density at radius 2 is 0.800 bits per heavy atom. The number of fused-ring (bicyclic) bond motifs is 2. The first-order valence-corrected chi connectivity index (χ1v) is 42.0. The number of aliphatic hydroxyl groups is 4. The lowest BCUT2D eigenvalue weighted by Gasteiger charge is -2.52. The van der Waals surface area contributed by atoms with Gasteiger partial charge in [0.15, 0.2) is 16.6 Å². The molecule has 4 rings (SSSR count).